The first-order valence-corrected chi connectivity index (χ1v) is 14.7. The highest BCUT2D eigenvalue weighted by molar-refractivity contribution is 7.90. The quantitative estimate of drug-likeness (QED) is 0.206. The number of hydrogen-bond donors (Lipinski definition) is 0. The van der Waals surface area contributed by atoms with Crippen LogP contribution in [0, 0.1) is 6.92 Å². The summed E-state index contributed by atoms with van der Waals surface area (Å²) in [7, 11) is -0.784. The van der Waals surface area contributed by atoms with Gasteiger partial charge < -0.3 is 18.8 Å². The molecule has 0 radical (unpaired) electrons. The molecule has 5 aromatic rings. The molecule has 9 heteroatoms. The van der Waals surface area contributed by atoms with Crippen molar-refractivity contribution in [3.63, 3.8) is 0 Å². The van der Waals surface area contributed by atoms with E-state index in [4.69, 9.17) is 14.2 Å². The third-order valence-electron chi connectivity index (χ3n) is 6.83. The number of aromatic nitrogens is 2. The van der Waals surface area contributed by atoms with Crippen molar-refractivity contribution in [2.45, 2.75) is 31.8 Å². The molecule has 3 aromatic carbocycles. The minimum absolute atomic E-state index is 0.0663. The van der Waals surface area contributed by atoms with Gasteiger partial charge in [0.1, 0.15) is 29.4 Å². The zero-order chi connectivity index (χ0) is 29.1. The van der Waals surface area contributed by atoms with Crippen molar-refractivity contribution >= 4 is 20.9 Å². The number of ether oxygens (including phenoxy) is 3. The number of nitrogens with zero attached hydrogens (tertiary/aromatic N) is 2. The smallest absolute Gasteiger partial charge is 0.275 e. The number of benzene rings is 3. The highest BCUT2D eigenvalue weighted by Gasteiger charge is 2.24. The van der Waals surface area contributed by atoms with E-state index in [1.807, 2.05) is 56.3 Å². The lowest BCUT2D eigenvalue weighted by Crippen LogP contribution is -2.22. The van der Waals surface area contributed by atoms with Crippen molar-refractivity contribution in [1.29, 1.82) is 0 Å². The van der Waals surface area contributed by atoms with E-state index in [9.17, 15) is 13.2 Å². The minimum Gasteiger partial charge on any atom is -0.497 e. The summed E-state index contributed by atoms with van der Waals surface area (Å²) in [6, 6.07) is 21.4. The average Bonchev–Trinajstić information content (AvgIpc) is 3.44. The van der Waals surface area contributed by atoms with Crippen molar-refractivity contribution in [2.24, 2.45) is 7.05 Å². The molecule has 2 aromatic heterocycles. The highest BCUT2D eigenvalue weighted by Crippen LogP contribution is 2.38. The number of pyridine rings is 1. The second-order valence-electron chi connectivity index (χ2n) is 9.79. The highest BCUT2D eigenvalue weighted by atomic mass is 32.2. The molecule has 0 unspecified atom stereocenters. The molecule has 2 heterocycles. The van der Waals surface area contributed by atoms with Gasteiger partial charge >= 0.3 is 0 Å². The van der Waals surface area contributed by atoms with E-state index in [1.165, 1.54) is 10.8 Å². The van der Waals surface area contributed by atoms with E-state index in [1.54, 1.807) is 50.7 Å². The number of aryl methyl sites for hydroxylation is 2. The second-order valence-corrected chi connectivity index (χ2v) is 11.6. The van der Waals surface area contributed by atoms with Crippen LogP contribution in [0.5, 0.6) is 17.2 Å². The van der Waals surface area contributed by atoms with Crippen LogP contribution in [0.1, 0.15) is 24.5 Å². The molecular weight excluding hydrogens is 540 g/mol. The van der Waals surface area contributed by atoms with Crippen molar-refractivity contribution in [3.05, 3.63) is 107 Å². The standard InChI is InChI=1S/C32H32N2O6S/c1-5-18-39-30-15-12-25(40-21-23-8-10-24(38-4)11-9-23)19-28(30)29-20-33(3)32(35)31-27(29)16-17-34(31)41(36,37)26-13-6-22(2)7-14-26/h6-17,19-20H,5,18,21H2,1-4H3. The third kappa shape index (κ3) is 5.58. The Morgan fingerprint density at radius 3 is 2.24 bits per heavy atom. The van der Waals surface area contributed by atoms with Crippen molar-refractivity contribution < 1.29 is 22.6 Å². The van der Waals surface area contributed by atoms with Gasteiger partial charge in [0.25, 0.3) is 15.6 Å². The zero-order valence-electron chi connectivity index (χ0n) is 23.5. The van der Waals surface area contributed by atoms with Gasteiger partial charge in [-0.25, -0.2) is 12.4 Å². The van der Waals surface area contributed by atoms with Crippen LogP contribution in [0.2, 0.25) is 0 Å². The van der Waals surface area contributed by atoms with Crippen LogP contribution in [-0.4, -0.2) is 30.7 Å². The van der Waals surface area contributed by atoms with Crippen molar-refractivity contribution in [2.75, 3.05) is 13.7 Å². The summed E-state index contributed by atoms with van der Waals surface area (Å²) in [5, 5.41) is 0.498. The number of hydrogen-bond acceptors (Lipinski definition) is 6. The Morgan fingerprint density at radius 1 is 0.854 bits per heavy atom. The lowest BCUT2D eigenvalue weighted by atomic mass is 10.0. The number of rotatable bonds is 10. The Kier molecular flexibility index (Phi) is 7.90. The van der Waals surface area contributed by atoms with E-state index in [-0.39, 0.29) is 10.4 Å². The molecule has 41 heavy (non-hydrogen) atoms. The van der Waals surface area contributed by atoms with Gasteiger partial charge in [-0.3, -0.25) is 4.79 Å². The summed E-state index contributed by atoms with van der Waals surface area (Å²) in [5.74, 6) is 1.98. The second kappa shape index (κ2) is 11.5. The number of methoxy groups -OCH3 is 1. The monoisotopic (exact) mass is 572 g/mol. The molecule has 0 bridgehead atoms. The largest absolute Gasteiger partial charge is 0.497 e. The fourth-order valence-electron chi connectivity index (χ4n) is 4.60. The van der Waals surface area contributed by atoms with Crippen LogP contribution in [0.3, 0.4) is 0 Å². The van der Waals surface area contributed by atoms with Gasteiger partial charge in [0.2, 0.25) is 0 Å². The van der Waals surface area contributed by atoms with Gasteiger partial charge in [-0.1, -0.05) is 36.8 Å². The molecule has 212 valence electrons. The molecule has 0 saturated carbocycles. The Labute approximate surface area is 239 Å². The fourth-order valence-corrected chi connectivity index (χ4v) is 5.95. The Hall–Kier alpha value is -4.50. The van der Waals surface area contributed by atoms with E-state index < -0.39 is 15.6 Å². The van der Waals surface area contributed by atoms with Gasteiger partial charge in [0.05, 0.1) is 18.6 Å². The normalized spacial score (nSPS) is 11.5. The topological polar surface area (TPSA) is 88.8 Å². The van der Waals surface area contributed by atoms with Gasteiger partial charge in [-0.15, -0.1) is 0 Å². The van der Waals surface area contributed by atoms with E-state index in [0.29, 0.717) is 41.2 Å². The number of fused-ring (bicyclic) bond motifs is 1. The molecule has 0 aliphatic heterocycles. The predicted octanol–water partition coefficient (Wildman–Crippen LogP) is 5.93. The lowest BCUT2D eigenvalue weighted by Gasteiger charge is -2.16. The van der Waals surface area contributed by atoms with E-state index in [0.717, 1.165) is 27.3 Å². The van der Waals surface area contributed by atoms with Gasteiger partial charge in [-0.05, 0) is 67.4 Å². The van der Waals surface area contributed by atoms with Crippen LogP contribution in [0.25, 0.3) is 22.0 Å². The van der Waals surface area contributed by atoms with Crippen molar-refractivity contribution in [3.8, 4) is 28.4 Å². The summed E-state index contributed by atoms with van der Waals surface area (Å²) in [6.45, 7) is 4.74. The molecule has 0 atom stereocenters. The molecular formula is C32H32N2O6S. The summed E-state index contributed by atoms with van der Waals surface area (Å²) in [5.41, 5.74) is 2.90. The third-order valence-corrected chi connectivity index (χ3v) is 8.52. The first-order chi connectivity index (χ1) is 19.7. The summed E-state index contributed by atoms with van der Waals surface area (Å²) < 4.78 is 47.1. The molecule has 8 nitrogen and oxygen atoms in total. The maximum atomic E-state index is 13.6. The molecule has 0 aliphatic rings. The van der Waals surface area contributed by atoms with Crippen LogP contribution in [-0.2, 0) is 23.7 Å². The molecule has 0 spiro atoms. The maximum absolute atomic E-state index is 13.6. The average molecular weight is 573 g/mol. The van der Waals surface area contributed by atoms with Crippen LogP contribution in [0.4, 0.5) is 0 Å². The van der Waals surface area contributed by atoms with Crippen molar-refractivity contribution in [1.82, 2.24) is 8.54 Å². The first kappa shape index (κ1) is 28.0. The van der Waals surface area contributed by atoms with Gasteiger partial charge in [-0.2, -0.15) is 0 Å². The van der Waals surface area contributed by atoms with Crippen LogP contribution in [0.15, 0.2) is 94.9 Å². The molecule has 0 fully saturated rings. The predicted molar refractivity (Wildman–Crippen MR) is 159 cm³/mol. The Morgan fingerprint density at radius 2 is 1.56 bits per heavy atom. The summed E-state index contributed by atoms with van der Waals surface area (Å²) in [4.78, 5) is 13.5. The summed E-state index contributed by atoms with van der Waals surface area (Å²) >= 11 is 0. The lowest BCUT2D eigenvalue weighted by molar-refractivity contribution is 0.302. The fraction of sp³-hybridized carbons (Fsp3) is 0.219. The van der Waals surface area contributed by atoms with E-state index in [2.05, 4.69) is 0 Å². The molecule has 0 amide bonds. The van der Waals surface area contributed by atoms with Crippen LogP contribution < -0.4 is 19.8 Å². The zero-order valence-corrected chi connectivity index (χ0v) is 24.3. The Balaban J connectivity index is 1.61. The van der Waals surface area contributed by atoms with Gasteiger partial charge in [0, 0.05) is 36.0 Å². The molecule has 0 aliphatic carbocycles. The molecule has 0 N–H and O–H groups in total. The summed E-state index contributed by atoms with van der Waals surface area (Å²) in [6.07, 6.45) is 3.94. The van der Waals surface area contributed by atoms with Gasteiger partial charge in [0.15, 0.2) is 0 Å². The molecule has 5 rings (SSSR count). The molecule has 0 saturated heterocycles. The first-order valence-electron chi connectivity index (χ1n) is 13.3. The van der Waals surface area contributed by atoms with E-state index >= 15 is 0 Å². The Bertz CT molecular complexity index is 1850. The maximum Gasteiger partial charge on any atom is 0.275 e. The van der Waals surface area contributed by atoms with Crippen LogP contribution >= 0.6 is 0 Å². The SMILES string of the molecule is CCCOc1ccc(OCc2ccc(OC)cc2)cc1-c1cn(C)c(=O)c2c1ccn2S(=O)(=O)c1ccc(C)cc1. The minimum atomic E-state index is -4.02.